The number of halogens is 1. The van der Waals surface area contributed by atoms with Crippen molar-refractivity contribution in [1.29, 1.82) is 0 Å². The zero-order chi connectivity index (χ0) is 16.3. The highest BCUT2D eigenvalue weighted by Crippen LogP contribution is 2.16. The highest BCUT2D eigenvalue weighted by atomic mass is 19.1. The van der Waals surface area contributed by atoms with Gasteiger partial charge in [0, 0.05) is 25.2 Å². The number of hydrogen-bond acceptors (Lipinski definition) is 4. The molecule has 1 fully saturated rings. The molecule has 122 valence electrons. The van der Waals surface area contributed by atoms with Crippen molar-refractivity contribution >= 4 is 5.91 Å². The summed E-state index contributed by atoms with van der Waals surface area (Å²) in [5, 5.41) is 11.1. The maximum absolute atomic E-state index is 14.2. The number of rotatable bonds is 3. The van der Waals surface area contributed by atoms with Crippen LogP contribution in [0.4, 0.5) is 4.39 Å². The van der Waals surface area contributed by atoms with Crippen LogP contribution in [0.5, 0.6) is 0 Å². The van der Waals surface area contributed by atoms with E-state index in [1.807, 2.05) is 30.3 Å². The van der Waals surface area contributed by atoms with E-state index in [1.54, 1.807) is 11.1 Å². The Hall–Kier alpha value is -2.28. The van der Waals surface area contributed by atoms with Crippen LogP contribution in [0.25, 0.3) is 11.3 Å². The van der Waals surface area contributed by atoms with Gasteiger partial charge in [-0.15, -0.1) is 5.10 Å². The van der Waals surface area contributed by atoms with Crippen LogP contribution in [0, 0.1) is 0 Å². The number of amides is 1. The summed E-state index contributed by atoms with van der Waals surface area (Å²) in [7, 11) is 0. The Morgan fingerprint density at radius 3 is 2.96 bits per heavy atom. The fourth-order valence-electron chi connectivity index (χ4n) is 2.66. The van der Waals surface area contributed by atoms with E-state index < -0.39 is 5.67 Å². The van der Waals surface area contributed by atoms with Crippen molar-refractivity contribution in [2.75, 3.05) is 26.2 Å². The topological polar surface area (TPSA) is 63.1 Å². The number of aromatic nitrogens is 3. The van der Waals surface area contributed by atoms with E-state index in [1.165, 1.54) is 11.6 Å². The van der Waals surface area contributed by atoms with E-state index in [2.05, 4.69) is 15.6 Å². The van der Waals surface area contributed by atoms with Gasteiger partial charge in [-0.25, -0.2) is 9.07 Å². The fraction of sp³-hybridized carbons (Fsp3) is 0.438. The summed E-state index contributed by atoms with van der Waals surface area (Å²) in [6, 6.07) is 9.65. The number of benzene rings is 1. The van der Waals surface area contributed by atoms with Gasteiger partial charge in [0.25, 0.3) is 0 Å². The van der Waals surface area contributed by atoms with E-state index in [4.69, 9.17) is 0 Å². The normalized spacial score (nSPS) is 21.9. The molecule has 3 rings (SSSR count). The molecule has 1 aromatic carbocycles. The molecule has 1 aliphatic rings. The molecule has 0 radical (unpaired) electrons. The Morgan fingerprint density at radius 1 is 1.39 bits per heavy atom. The summed E-state index contributed by atoms with van der Waals surface area (Å²) < 4.78 is 15.7. The Kier molecular flexibility index (Phi) is 4.38. The largest absolute Gasteiger partial charge is 0.337 e. The second-order valence-electron chi connectivity index (χ2n) is 6.07. The average Bonchev–Trinajstić information content (AvgIpc) is 2.91. The first-order valence-electron chi connectivity index (χ1n) is 7.66. The van der Waals surface area contributed by atoms with Crippen LogP contribution < -0.4 is 5.32 Å². The molecule has 0 bridgehead atoms. The lowest BCUT2D eigenvalue weighted by Gasteiger charge is -2.25. The molecule has 2 heterocycles. The van der Waals surface area contributed by atoms with E-state index in [-0.39, 0.29) is 25.5 Å². The minimum atomic E-state index is -1.41. The molecule has 0 aliphatic carbocycles. The van der Waals surface area contributed by atoms with Crippen molar-refractivity contribution in [2.24, 2.45) is 0 Å². The van der Waals surface area contributed by atoms with Gasteiger partial charge in [-0.1, -0.05) is 35.5 Å². The third kappa shape index (κ3) is 3.92. The van der Waals surface area contributed by atoms with Crippen molar-refractivity contribution in [1.82, 2.24) is 25.2 Å². The number of nitrogens with one attached hydrogen (secondary N) is 1. The van der Waals surface area contributed by atoms with E-state index >= 15 is 0 Å². The standard InChI is InChI=1S/C16H20FN5O/c1-16(17)11-18-7-8-21(12-16)15(23)10-22-9-14(19-20-22)13-5-3-2-4-6-13/h2-6,9,18H,7-8,10-12H2,1H3. The average molecular weight is 317 g/mol. The SMILES string of the molecule is CC1(F)CNCCN(C(=O)Cn2cc(-c3ccccc3)nn2)C1. The summed E-state index contributed by atoms with van der Waals surface area (Å²) in [5.74, 6) is -0.151. The van der Waals surface area contributed by atoms with Crippen molar-refractivity contribution in [2.45, 2.75) is 19.1 Å². The molecule has 0 saturated carbocycles. The van der Waals surface area contributed by atoms with Crippen molar-refractivity contribution in [3.63, 3.8) is 0 Å². The second kappa shape index (κ2) is 6.45. The molecule has 0 spiro atoms. The predicted molar refractivity (Wildman–Crippen MR) is 84.4 cm³/mol. The number of hydrogen-bond donors (Lipinski definition) is 1. The van der Waals surface area contributed by atoms with E-state index in [9.17, 15) is 9.18 Å². The minimum Gasteiger partial charge on any atom is -0.337 e. The van der Waals surface area contributed by atoms with Crippen molar-refractivity contribution in [3.05, 3.63) is 36.5 Å². The number of nitrogens with zero attached hydrogens (tertiary/aromatic N) is 4. The van der Waals surface area contributed by atoms with Gasteiger partial charge in [0.15, 0.2) is 0 Å². The highest BCUT2D eigenvalue weighted by molar-refractivity contribution is 5.76. The highest BCUT2D eigenvalue weighted by Gasteiger charge is 2.31. The molecule has 1 unspecified atom stereocenters. The molecule has 1 aliphatic heterocycles. The molecular formula is C16H20FN5O. The predicted octanol–water partition coefficient (Wildman–Crippen LogP) is 1.11. The van der Waals surface area contributed by atoms with Crippen LogP contribution in [-0.2, 0) is 11.3 Å². The van der Waals surface area contributed by atoms with Gasteiger partial charge in [-0.3, -0.25) is 4.79 Å². The number of carbonyl (C=O) groups is 1. The van der Waals surface area contributed by atoms with Gasteiger partial charge >= 0.3 is 0 Å². The first-order valence-corrected chi connectivity index (χ1v) is 7.66. The Morgan fingerprint density at radius 2 is 2.17 bits per heavy atom. The van der Waals surface area contributed by atoms with Crippen LogP contribution in [-0.4, -0.2) is 57.6 Å². The van der Waals surface area contributed by atoms with Gasteiger partial charge in [0.2, 0.25) is 5.91 Å². The van der Waals surface area contributed by atoms with Crippen LogP contribution in [0.1, 0.15) is 6.92 Å². The summed E-state index contributed by atoms with van der Waals surface area (Å²) >= 11 is 0. The molecule has 1 aromatic heterocycles. The van der Waals surface area contributed by atoms with Gasteiger partial charge in [-0.2, -0.15) is 0 Å². The second-order valence-corrected chi connectivity index (χ2v) is 6.07. The third-order valence-corrected chi connectivity index (χ3v) is 3.83. The van der Waals surface area contributed by atoms with Crippen LogP contribution >= 0.6 is 0 Å². The van der Waals surface area contributed by atoms with Gasteiger partial charge in [0.05, 0.1) is 12.7 Å². The van der Waals surface area contributed by atoms with Crippen LogP contribution in [0.2, 0.25) is 0 Å². The fourth-order valence-corrected chi connectivity index (χ4v) is 2.66. The van der Waals surface area contributed by atoms with Crippen molar-refractivity contribution < 1.29 is 9.18 Å². The van der Waals surface area contributed by atoms with Gasteiger partial charge in [0.1, 0.15) is 17.9 Å². The van der Waals surface area contributed by atoms with Gasteiger partial charge in [-0.05, 0) is 6.92 Å². The Bertz CT molecular complexity index is 670. The van der Waals surface area contributed by atoms with Crippen LogP contribution in [0.3, 0.4) is 0 Å². The summed E-state index contributed by atoms with van der Waals surface area (Å²) in [6.07, 6.45) is 1.73. The summed E-state index contributed by atoms with van der Waals surface area (Å²) in [4.78, 5) is 13.9. The first-order chi connectivity index (χ1) is 11.0. The monoisotopic (exact) mass is 317 g/mol. The Balaban J connectivity index is 1.67. The number of carbonyl (C=O) groups excluding carboxylic acids is 1. The first kappa shape index (κ1) is 15.6. The minimum absolute atomic E-state index is 0.0654. The van der Waals surface area contributed by atoms with E-state index in [0.29, 0.717) is 18.8 Å². The third-order valence-electron chi connectivity index (χ3n) is 3.83. The van der Waals surface area contributed by atoms with Gasteiger partial charge < -0.3 is 10.2 Å². The Labute approximate surface area is 134 Å². The quantitative estimate of drug-likeness (QED) is 0.921. The molecule has 1 saturated heterocycles. The lowest BCUT2D eigenvalue weighted by Crippen LogP contribution is -2.43. The lowest BCUT2D eigenvalue weighted by atomic mass is 10.1. The molecule has 7 heteroatoms. The summed E-state index contributed by atoms with van der Waals surface area (Å²) in [6.45, 7) is 3.03. The number of alkyl halides is 1. The van der Waals surface area contributed by atoms with E-state index in [0.717, 1.165) is 5.56 Å². The zero-order valence-corrected chi connectivity index (χ0v) is 13.1. The molecule has 1 N–H and O–H groups in total. The molecule has 1 atom stereocenters. The molecule has 23 heavy (non-hydrogen) atoms. The maximum atomic E-state index is 14.2. The lowest BCUT2D eigenvalue weighted by molar-refractivity contribution is -0.133. The summed E-state index contributed by atoms with van der Waals surface area (Å²) in [5.41, 5.74) is 0.247. The molecular weight excluding hydrogens is 297 g/mol. The van der Waals surface area contributed by atoms with Crippen LogP contribution in [0.15, 0.2) is 36.5 Å². The van der Waals surface area contributed by atoms with Crippen molar-refractivity contribution in [3.8, 4) is 11.3 Å². The maximum Gasteiger partial charge on any atom is 0.244 e. The molecule has 6 nitrogen and oxygen atoms in total. The zero-order valence-electron chi connectivity index (χ0n) is 13.1. The smallest absolute Gasteiger partial charge is 0.244 e. The molecule has 2 aromatic rings. The molecule has 1 amide bonds.